The van der Waals surface area contributed by atoms with E-state index in [0.29, 0.717) is 19.6 Å². The van der Waals surface area contributed by atoms with E-state index in [4.69, 9.17) is 4.74 Å². The zero-order valence-electron chi connectivity index (χ0n) is 13.4. The number of nitrogens with one attached hydrogen (secondary N) is 2. The molecule has 0 bridgehead atoms. The second-order valence-corrected chi connectivity index (χ2v) is 6.08. The van der Waals surface area contributed by atoms with Crippen LogP contribution in [0, 0.1) is 11.8 Å². The van der Waals surface area contributed by atoms with Crippen LogP contribution in [-0.2, 0) is 14.3 Å². The van der Waals surface area contributed by atoms with Gasteiger partial charge in [0.2, 0.25) is 11.8 Å². The molecule has 0 saturated carbocycles. The highest BCUT2D eigenvalue weighted by Crippen LogP contribution is 2.34. The molecule has 2 N–H and O–H groups in total. The Morgan fingerprint density at radius 2 is 2.00 bits per heavy atom. The van der Waals surface area contributed by atoms with Crippen molar-refractivity contribution < 1.29 is 14.3 Å². The predicted octanol–water partition coefficient (Wildman–Crippen LogP) is -0.0176. The largest absolute Gasteiger partial charge is 0.374 e. The van der Waals surface area contributed by atoms with Gasteiger partial charge in [0.05, 0.1) is 18.1 Å². The van der Waals surface area contributed by atoms with Crippen LogP contribution in [-0.4, -0.2) is 61.1 Å². The molecule has 2 fully saturated rings. The zero-order valence-corrected chi connectivity index (χ0v) is 13.4. The molecule has 2 aliphatic rings. The van der Waals surface area contributed by atoms with Crippen LogP contribution in [0.4, 0.5) is 0 Å². The summed E-state index contributed by atoms with van der Waals surface area (Å²) in [7, 11) is 0. The Bertz CT molecular complexity index is 402. The first-order valence-electron chi connectivity index (χ1n) is 7.91. The number of hydrogen-bond acceptors (Lipinski definition) is 4. The van der Waals surface area contributed by atoms with Gasteiger partial charge in [0, 0.05) is 26.2 Å². The molecule has 120 valence electrons. The predicted molar refractivity (Wildman–Crippen MR) is 79.7 cm³/mol. The molecule has 2 amide bonds. The molecule has 6 heteroatoms. The van der Waals surface area contributed by atoms with Crippen LogP contribution in [0.25, 0.3) is 0 Å². The number of carbonyl (C=O) groups excluding carboxylic acids is 2. The molecule has 5 atom stereocenters. The standard InChI is InChI=1S/C15H27N3O3/c1-5-17-14(19)12-8-16-6-7-18(12)15(20)13-9(2)10(3)21-11(13)4/h9-13,16H,5-8H2,1-4H3,(H,17,19). The van der Waals surface area contributed by atoms with Crippen LogP contribution in [0.2, 0.25) is 0 Å². The van der Waals surface area contributed by atoms with Crippen molar-refractivity contribution in [1.29, 1.82) is 0 Å². The second-order valence-electron chi connectivity index (χ2n) is 6.08. The van der Waals surface area contributed by atoms with Gasteiger partial charge in [0.25, 0.3) is 0 Å². The molecule has 21 heavy (non-hydrogen) atoms. The van der Waals surface area contributed by atoms with Crippen LogP contribution < -0.4 is 10.6 Å². The third-order valence-corrected chi connectivity index (χ3v) is 4.71. The Hall–Kier alpha value is -1.14. The number of likely N-dealkylation sites (N-methyl/N-ethyl adjacent to an activating group) is 1. The Labute approximate surface area is 126 Å². The minimum atomic E-state index is -0.415. The molecule has 2 aliphatic heterocycles. The zero-order chi connectivity index (χ0) is 15.6. The Morgan fingerprint density at radius 3 is 2.57 bits per heavy atom. The highest BCUT2D eigenvalue weighted by Gasteiger charge is 2.45. The fourth-order valence-corrected chi connectivity index (χ4v) is 3.38. The van der Waals surface area contributed by atoms with Gasteiger partial charge in [-0.1, -0.05) is 6.92 Å². The van der Waals surface area contributed by atoms with Crippen molar-refractivity contribution in [2.45, 2.75) is 45.9 Å². The summed E-state index contributed by atoms with van der Waals surface area (Å²) in [6, 6.07) is -0.415. The summed E-state index contributed by atoms with van der Waals surface area (Å²) in [4.78, 5) is 26.8. The molecule has 0 radical (unpaired) electrons. The maximum atomic E-state index is 12.9. The van der Waals surface area contributed by atoms with Crippen LogP contribution in [0.5, 0.6) is 0 Å². The molecule has 5 unspecified atom stereocenters. The van der Waals surface area contributed by atoms with Crippen LogP contribution in [0.1, 0.15) is 27.7 Å². The van der Waals surface area contributed by atoms with Gasteiger partial charge < -0.3 is 20.3 Å². The number of amides is 2. The topological polar surface area (TPSA) is 70.7 Å². The first-order valence-corrected chi connectivity index (χ1v) is 7.91. The van der Waals surface area contributed by atoms with Gasteiger partial charge >= 0.3 is 0 Å². The molecular formula is C15H27N3O3. The van der Waals surface area contributed by atoms with E-state index in [1.54, 1.807) is 4.90 Å². The molecule has 2 saturated heterocycles. The van der Waals surface area contributed by atoms with Crippen molar-refractivity contribution in [2.75, 3.05) is 26.2 Å². The fraction of sp³-hybridized carbons (Fsp3) is 0.867. The molecule has 0 aromatic rings. The van der Waals surface area contributed by atoms with Crippen LogP contribution in [0.3, 0.4) is 0 Å². The summed E-state index contributed by atoms with van der Waals surface area (Å²) in [5.41, 5.74) is 0. The lowest BCUT2D eigenvalue weighted by Gasteiger charge is -2.37. The minimum absolute atomic E-state index is 0.0529. The van der Waals surface area contributed by atoms with Crippen molar-refractivity contribution in [1.82, 2.24) is 15.5 Å². The number of carbonyl (C=O) groups is 2. The maximum Gasteiger partial charge on any atom is 0.244 e. The van der Waals surface area contributed by atoms with E-state index in [-0.39, 0.29) is 35.9 Å². The average Bonchev–Trinajstić information content (AvgIpc) is 2.72. The molecule has 0 spiro atoms. The fourth-order valence-electron chi connectivity index (χ4n) is 3.38. The normalized spacial score (nSPS) is 36.6. The van der Waals surface area contributed by atoms with Crippen molar-refractivity contribution >= 4 is 11.8 Å². The first kappa shape index (κ1) is 16.2. The Kier molecular flexibility index (Phi) is 5.22. The molecule has 0 aliphatic carbocycles. The average molecular weight is 297 g/mol. The number of nitrogens with zero attached hydrogens (tertiary/aromatic N) is 1. The monoisotopic (exact) mass is 297 g/mol. The molecule has 2 heterocycles. The van der Waals surface area contributed by atoms with Gasteiger partial charge in [-0.3, -0.25) is 9.59 Å². The number of ether oxygens (including phenoxy) is 1. The van der Waals surface area contributed by atoms with Crippen molar-refractivity contribution in [3.63, 3.8) is 0 Å². The van der Waals surface area contributed by atoms with Gasteiger partial charge in [-0.2, -0.15) is 0 Å². The summed E-state index contributed by atoms with van der Waals surface area (Å²) < 4.78 is 5.78. The van der Waals surface area contributed by atoms with E-state index in [9.17, 15) is 9.59 Å². The molecule has 0 aromatic carbocycles. The third kappa shape index (κ3) is 3.21. The van der Waals surface area contributed by atoms with Crippen LogP contribution >= 0.6 is 0 Å². The van der Waals surface area contributed by atoms with Crippen molar-refractivity contribution in [2.24, 2.45) is 11.8 Å². The smallest absolute Gasteiger partial charge is 0.244 e. The van der Waals surface area contributed by atoms with E-state index in [1.807, 2.05) is 20.8 Å². The Balaban J connectivity index is 2.13. The molecule has 0 aromatic heterocycles. The summed E-state index contributed by atoms with van der Waals surface area (Å²) in [6.07, 6.45) is -0.00736. The van der Waals surface area contributed by atoms with Crippen LogP contribution in [0.15, 0.2) is 0 Å². The lowest BCUT2D eigenvalue weighted by atomic mass is 9.87. The van der Waals surface area contributed by atoms with Gasteiger partial charge in [-0.05, 0) is 26.7 Å². The van der Waals surface area contributed by atoms with Crippen molar-refractivity contribution in [3.05, 3.63) is 0 Å². The summed E-state index contributed by atoms with van der Waals surface area (Å²) in [6.45, 7) is 10.3. The number of piperazine rings is 1. The Morgan fingerprint density at radius 1 is 1.29 bits per heavy atom. The highest BCUT2D eigenvalue weighted by atomic mass is 16.5. The van der Waals surface area contributed by atoms with E-state index < -0.39 is 6.04 Å². The summed E-state index contributed by atoms with van der Waals surface area (Å²) in [5.74, 6) is -0.00489. The summed E-state index contributed by atoms with van der Waals surface area (Å²) in [5, 5.41) is 6.01. The lowest BCUT2D eigenvalue weighted by molar-refractivity contribution is -0.146. The van der Waals surface area contributed by atoms with Gasteiger partial charge in [0.1, 0.15) is 6.04 Å². The first-order chi connectivity index (χ1) is 9.97. The lowest BCUT2D eigenvalue weighted by Crippen LogP contribution is -2.61. The van der Waals surface area contributed by atoms with Crippen molar-refractivity contribution in [3.8, 4) is 0 Å². The van der Waals surface area contributed by atoms with Gasteiger partial charge in [-0.15, -0.1) is 0 Å². The SMILES string of the molecule is CCNC(=O)C1CNCCN1C(=O)C1C(C)OC(C)C1C. The maximum absolute atomic E-state index is 12.9. The van der Waals surface area contributed by atoms with Gasteiger partial charge in [-0.25, -0.2) is 0 Å². The van der Waals surface area contributed by atoms with E-state index in [1.165, 1.54) is 0 Å². The minimum Gasteiger partial charge on any atom is -0.374 e. The van der Waals surface area contributed by atoms with E-state index >= 15 is 0 Å². The second kappa shape index (κ2) is 6.75. The highest BCUT2D eigenvalue weighted by molar-refractivity contribution is 5.89. The summed E-state index contributed by atoms with van der Waals surface area (Å²) >= 11 is 0. The third-order valence-electron chi connectivity index (χ3n) is 4.71. The molecule has 2 rings (SSSR count). The quantitative estimate of drug-likeness (QED) is 0.768. The number of rotatable bonds is 3. The number of hydrogen-bond donors (Lipinski definition) is 2. The van der Waals surface area contributed by atoms with E-state index in [0.717, 1.165) is 6.54 Å². The van der Waals surface area contributed by atoms with E-state index in [2.05, 4.69) is 17.6 Å². The van der Waals surface area contributed by atoms with Gasteiger partial charge in [0.15, 0.2) is 0 Å². The molecule has 6 nitrogen and oxygen atoms in total. The molecular weight excluding hydrogens is 270 g/mol.